The molecule has 0 saturated heterocycles. The van der Waals surface area contributed by atoms with Crippen LogP contribution in [0.4, 0.5) is 11.8 Å². The minimum atomic E-state index is 0.255. The number of nitrogens with two attached hydrogens (primary N) is 1. The zero-order valence-electron chi connectivity index (χ0n) is 11.8. The van der Waals surface area contributed by atoms with Crippen LogP contribution in [0.25, 0.3) is 0 Å². The molecule has 0 bridgehead atoms. The van der Waals surface area contributed by atoms with Crippen LogP contribution in [0.1, 0.15) is 40.0 Å². The Morgan fingerprint density at radius 1 is 1.33 bits per heavy atom. The van der Waals surface area contributed by atoms with Gasteiger partial charge < -0.3 is 15.4 Å². The van der Waals surface area contributed by atoms with Crippen molar-refractivity contribution in [3.05, 3.63) is 6.07 Å². The Bertz CT molecular complexity index is 368. The molecule has 102 valence electrons. The normalized spacial score (nSPS) is 10.7. The smallest absolute Gasteiger partial charge is 0.225 e. The van der Waals surface area contributed by atoms with Crippen molar-refractivity contribution < 1.29 is 4.74 Å². The van der Waals surface area contributed by atoms with E-state index in [0.29, 0.717) is 11.9 Å². The van der Waals surface area contributed by atoms with Crippen molar-refractivity contribution in [2.45, 2.75) is 46.1 Å². The molecule has 0 aliphatic rings. The van der Waals surface area contributed by atoms with Crippen molar-refractivity contribution in [2.75, 3.05) is 24.3 Å². The Hall–Kier alpha value is -1.52. The van der Waals surface area contributed by atoms with E-state index in [1.807, 2.05) is 6.07 Å². The van der Waals surface area contributed by atoms with Crippen LogP contribution < -0.4 is 15.4 Å². The fourth-order valence-electron chi connectivity index (χ4n) is 1.85. The zero-order chi connectivity index (χ0) is 13.5. The van der Waals surface area contributed by atoms with Crippen LogP contribution in [0.2, 0.25) is 0 Å². The van der Waals surface area contributed by atoms with Crippen LogP contribution in [0.15, 0.2) is 6.07 Å². The van der Waals surface area contributed by atoms with Gasteiger partial charge in [-0.25, -0.2) is 0 Å². The lowest BCUT2D eigenvalue weighted by atomic mass is 10.2. The maximum absolute atomic E-state index is 5.70. The van der Waals surface area contributed by atoms with E-state index in [1.54, 1.807) is 7.11 Å². The summed E-state index contributed by atoms with van der Waals surface area (Å²) in [6, 6.07) is 2.21. The van der Waals surface area contributed by atoms with E-state index in [0.717, 1.165) is 18.8 Å². The molecule has 0 fully saturated rings. The fourth-order valence-corrected chi connectivity index (χ4v) is 1.85. The third-order valence-electron chi connectivity index (χ3n) is 2.84. The molecule has 2 N–H and O–H groups in total. The van der Waals surface area contributed by atoms with E-state index in [-0.39, 0.29) is 5.95 Å². The number of ether oxygens (including phenoxy) is 1. The lowest BCUT2D eigenvalue weighted by Crippen LogP contribution is -2.32. The number of unbranched alkanes of at least 4 members (excludes halogenated alkanes) is 2. The van der Waals surface area contributed by atoms with Crippen LogP contribution in [-0.4, -0.2) is 29.7 Å². The molecule has 5 heteroatoms. The highest BCUT2D eigenvalue weighted by Crippen LogP contribution is 2.21. The number of rotatable bonds is 7. The highest BCUT2D eigenvalue weighted by molar-refractivity contribution is 5.46. The van der Waals surface area contributed by atoms with Gasteiger partial charge in [-0.3, -0.25) is 0 Å². The van der Waals surface area contributed by atoms with Gasteiger partial charge in [-0.15, -0.1) is 0 Å². The van der Waals surface area contributed by atoms with Crippen molar-refractivity contribution in [3.63, 3.8) is 0 Å². The predicted octanol–water partition coefficient (Wildman–Crippen LogP) is 2.47. The summed E-state index contributed by atoms with van der Waals surface area (Å²) in [5.74, 6) is 1.61. The molecule has 1 aromatic rings. The standard InChI is InChI=1S/C13H24N4O/c1-5-6-7-8-17(10(2)3)11-9-12(18-4)16-13(14)15-11/h9-10H,5-8H2,1-4H3,(H2,14,15,16). The molecule has 0 spiro atoms. The fraction of sp³-hybridized carbons (Fsp3) is 0.692. The Kier molecular flexibility index (Phi) is 5.68. The number of nitrogens with zero attached hydrogens (tertiary/aromatic N) is 3. The minimum Gasteiger partial charge on any atom is -0.481 e. The van der Waals surface area contributed by atoms with Gasteiger partial charge in [-0.05, 0) is 20.3 Å². The van der Waals surface area contributed by atoms with Gasteiger partial charge in [-0.2, -0.15) is 9.97 Å². The van der Waals surface area contributed by atoms with Gasteiger partial charge in [0.05, 0.1) is 7.11 Å². The summed E-state index contributed by atoms with van der Waals surface area (Å²) >= 11 is 0. The largest absolute Gasteiger partial charge is 0.481 e. The average Bonchev–Trinajstić information content (AvgIpc) is 2.33. The van der Waals surface area contributed by atoms with Crippen LogP contribution in [0, 0.1) is 0 Å². The molecule has 0 saturated carbocycles. The van der Waals surface area contributed by atoms with E-state index >= 15 is 0 Å². The van der Waals surface area contributed by atoms with Crippen molar-refractivity contribution in [3.8, 4) is 5.88 Å². The Labute approximate surface area is 109 Å². The second-order valence-electron chi connectivity index (χ2n) is 4.62. The molecule has 0 aliphatic heterocycles. The first kappa shape index (κ1) is 14.5. The van der Waals surface area contributed by atoms with Crippen LogP contribution in [0.3, 0.4) is 0 Å². The van der Waals surface area contributed by atoms with Crippen molar-refractivity contribution >= 4 is 11.8 Å². The van der Waals surface area contributed by atoms with Crippen molar-refractivity contribution in [1.82, 2.24) is 9.97 Å². The van der Waals surface area contributed by atoms with E-state index in [9.17, 15) is 0 Å². The third-order valence-corrected chi connectivity index (χ3v) is 2.84. The van der Waals surface area contributed by atoms with Gasteiger partial charge in [0.25, 0.3) is 0 Å². The first-order valence-corrected chi connectivity index (χ1v) is 6.53. The molecule has 5 nitrogen and oxygen atoms in total. The molecule has 1 heterocycles. The molecule has 0 amide bonds. The molecular formula is C13H24N4O. The van der Waals surface area contributed by atoms with E-state index in [4.69, 9.17) is 10.5 Å². The summed E-state index contributed by atoms with van der Waals surface area (Å²) in [5.41, 5.74) is 5.70. The van der Waals surface area contributed by atoms with Crippen LogP contribution >= 0.6 is 0 Å². The monoisotopic (exact) mass is 252 g/mol. The van der Waals surface area contributed by atoms with Crippen LogP contribution in [-0.2, 0) is 0 Å². The molecule has 0 radical (unpaired) electrons. The van der Waals surface area contributed by atoms with Gasteiger partial charge in [0, 0.05) is 18.7 Å². The minimum absolute atomic E-state index is 0.255. The predicted molar refractivity (Wildman–Crippen MR) is 75.0 cm³/mol. The topological polar surface area (TPSA) is 64.3 Å². The van der Waals surface area contributed by atoms with Gasteiger partial charge in [-0.1, -0.05) is 19.8 Å². The Morgan fingerprint density at radius 2 is 2.06 bits per heavy atom. The number of hydrogen-bond donors (Lipinski definition) is 1. The third kappa shape index (κ3) is 4.05. The van der Waals surface area contributed by atoms with E-state index < -0.39 is 0 Å². The number of hydrogen-bond acceptors (Lipinski definition) is 5. The van der Waals surface area contributed by atoms with Gasteiger partial charge in [0.1, 0.15) is 5.82 Å². The maximum atomic E-state index is 5.70. The Morgan fingerprint density at radius 3 is 2.61 bits per heavy atom. The Balaban J connectivity index is 2.87. The summed E-state index contributed by atoms with van der Waals surface area (Å²) in [6.45, 7) is 7.48. The SMILES string of the molecule is CCCCCN(c1cc(OC)nc(N)n1)C(C)C. The summed E-state index contributed by atoms with van der Waals surface area (Å²) in [7, 11) is 1.59. The molecule has 0 unspecified atom stereocenters. The summed E-state index contributed by atoms with van der Waals surface area (Å²) in [5, 5.41) is 0. The average molecular weight is 252 g/mol. The maximum Gasteiger partial charge on any atom is 0.225 e. The molecular weight excluding hydrogens is 228 g/mol. The molecule has 0 aromatic carbocycles. The van der Waals surface area contributed by atoms with E-state index in [1.165, 1.54) is 12.8 Å². The lowest BCUT2D eigenvalue weighted by molar-refractivity contribution is 0.397. The molecule has 0 atom stereocenters. The first-order chi connectivity index (χ1) is 8.58. The van der Waals surface area contributed by atoms with Crippen molar-refractivity contribution in [2.24, 2.45) is 0 Å². The second-order valence-corrected chi connectivity index (χ2v) is 4.62. The first-order valence-electron chi connectivity index (χ1n) is 6.53. The molecule has 0 aliphatic carbocycles. The highest BCUT2D eigenvalue weighted by Gasteiger charge is 2.14. The van der Waals surface area contributed by atoms with Gasteiger partial charge in [0.15, 0.2) is 0 Å². The quantitative estimate of drug-likeness (QED) is 0.755. The lowest BCUT2D eigenvalue weighted by Gasteiger charge is -2.28. The van der Waals surface area contributed by atoms with Crippen LogP contribution in [0.5, 0.6) is 5.88 Å². The summed E-state index contributed by atoms with van der Waals surface area (Å²) in [6.07, 6.45) is 3.59. The molecule has 1 rings (SSSR count). The number of anilines is 2. The zero-order valence-corrected chi connectivity index (χ0v) is 11.8. The summed E-state index contributed by atoms with van der Waals surface area (Å²) in [4.78, 5) is 10.5. The van der Waals surface area contributed by atoms with Gasteiger partial charge >= 0.3 is 0 Å². The highest BCUT2D eigenvalue weighted by atomic mass is 16.5. The number of aromatic nitrogens is 2. The number of nitrogen functional groups attached to an aromatic ring is 1. The van der Waals surface area contributed by atoms with Gasteiger partial charge in [0.2, 0.25) is 11.8 Å². The molecule has 1 aromatic heterocycles. The van der Waals surface area contributed by atoms with Crippen molar-refractivity contribution in [1.29, 1.82) is 0 Å². The van der Waals surface area contributed by atoms with E-state index in [2.05, 4.69) is 35.6 Å². The summed E-state index contributed by atoms with van der Waals surface area (Å²) < 4.78 is 5.13. The number of methoxy groups -OCH3 is 1. The molecule has 18 heavy (non-hydrogen) atoms. The second kappa shape index (κ2) is 7.03.